The number of unbranched alkanes of at least 4 members (excludes halogenated alkanes) is 10. The zero-order valence-electron chi connectivity index (χ0n) is 18.9. The average molecular weight is 742 g/mol. The molecule has 164 valence electrons. The van der Waals surface area contributed by atoms with Crippen molar-refractivity contribution in [2.75, 3.05) is 0 Å². The van der Waals surface area contributed by atoms with Crippen LogP contribution in [0.1, 0.15) is 90.9 Å². The Morgan fingerprint density at radius 2 is 0.733 bits per heavy atom. The molecule has 0 aromatic heterocycles. The molecule has 0 aliphatic heterocycles. The first-order valence-electron chi connectivity index (χ1n) is 8.87. The van der Waals surface area contributed by atoms with Crippen LogP contribution in [0.5, 0.6) is 0 Å². The van der Waals surface area contributed by atoms with E-state index in [4.69, 9.17) is 0 Å². The van der Waals surface area contributed by atoms with Crippen LogP contribution in [-0.2, 0) is 126 Å². The monoisotopic (exact) mass is 736 g/mol. The van der Waals surface area contributed by atoms with Gasteiger partial charge in [-0.05, 0) is 0 Å². The fourth-order valence-corrected chi connectivity index (χ4v) is 1.56. The minimum absolute atomic E-state index is 0. The largest absolute Gasteiger partial charge is 2.00 e. The summed E-state index contributed by atoms with van der Waals surface area (Å²) in [5, 5.41) is 0. The number of hydrogen-bond acceptors (Lipinski definition) is 8. The van der Waals surface area contributed by atoms with Crippen LogP contribution in [0.15, 0.2) is 0 Å². The Hall–Kier alpha value is 4.33. The molecule has 0 fully saturated rings. The van der Waals surface area contributed by atoms with E-state index in [0.29, 0.717) is 0 Å². The van der Waals surface area contributed by atoms with Crippen molar-refractivity contribution in [3.8, 4) is 0 Å². The zero-order chi connectivity index (χ0) is 21.5. The summed E-state index contributed by atoms with van der Waals surface area (Å²) < 4.78 is 0. The third-order valence-electron chi connectivity index (χ3n) is 2.71. The Bertz CT molecular complexity index is 293. The van der Waals surface area contributed by atoms with Gasteiger partial charge in [-0.15, -0.1) is 0 Å². The molecule has 0 saturated heterocycles. The first kappa shape index (κ1) is 55.0. The molecule has 30 heavy (non-hydrogen) atoms. The van der Waals surface area contributed by atoms with Crippen LogP contribution < -0.4 is 19.6 Å². The standard InChI is InChI=1S/2C8H17.2H3O2PS2.4Zn/c2*1-3-5-7-8-6-4-2;2*1-3(2,4)5;;;;/h2*1,3-8H2,2H3;2*(H3,1,2,4,5);;;;/q2*-1;;;4*+2/p-6. The van der Waals surface area contributed by atoms with Gasteiger partial charge in [0.15, 0.2) is 0 Å². The molecule has 0 atom stereocenters. The Morgan fingerprint density at radius 1 is 0.567 bits per heavy atom. The minimum Gasteiger partial charge on any atom is -0.850 e. The second kappa shape index (κ2) is 43.4. The smallest absolute Gasteiger partial charge is 0.850 e. The summed E-state index contributed by atoms with van der Waals surface area (Å²) in [5.41, 5.74) is -7.44. The predicted octanol–water partition coefficient (Wildman–Crippen LogP) is 3.31. The summed E-state index contributed by atoms with van der Waals surface area (Å²) in [7, 11) is 0. The average Bonchev–Trinajstić information content (AvgIpc) is 2.46. The van der Waals surface area contributed by atoms with Gasteiger partial charge in [0.25, 0.3) is 0 Å². The molecule has 0 saturated carbocycles. The van der Waals surface area contributed by atoms with Crippen LogP contribution >= 0.6 is 11.4 Å². The molecular weight excluding hydrogens is 708 g/mol. The van der Waals surface area contributed by atoms with Gasteiger partial charge in [-0.1, -0.05) is 78.1 Å². The second-order valence-corrected chi connectivity index (χ2v) is 14.4. The second-order valence-electron chi connectivity index (χ2n) is 5.43. The predicted molar refractivity (Wildman–Crippen MR) is 121 cm³/mol. The van der Waals surface area contributed by atoms with E-state index in [2.05, 4.69) is 75.8 Å². The van der Waals surface area contributed by atoms with E-state index in [-0.39, 0.29) is 77.9 Å². The first-order valence-corrected chi connectivity index (χ1v) is 16.2. The summed E-state index contributed by atoms with van der Waals surface area (Å²) in [5.74, 6) is 0. The fourth-order valence-electron chi connectivity index (χ4n) is 1.56. The van der Waals surface area contributed by atoms with Crippen LogP contribution in [0.3, 0.4) is 0 Å². The molecule has 0 aromatic carbocycles. The molecule has 0 aliphatic rings. The minimum atomic E-state index is -3.72. The van der Waals surface area contributed by atoms with E-state index in [1.165, 1.54) is 64.2 Å². The van der Waals surface area contributed by atoms with Crippen molar-refractivity contribution in [3.63, 3.8) is 0 Å². The molecule has 0 aromatic rings. The summed E-state index contributed by atoms with van der Waals surface area (Å²) in [6, 6.07) is 0. The maximum Gasteiger partial charge on any atom is 2.00 e. The molecule has 0 N–H and O–H groups in total. The van der Waals surface area contributed by atoms with Crippen LogP contribution in [-0.4, -0.2) is 0 Å². The Kier molecular flexibility index (Phi) is 79.6. The number of rotatable bonds is 10. The van der Waals surface area contributed by atoms with E-state index in [9.17, 15) is 19.6 Å². The van der Waals surface area contributed by atoms with E-state index < -0.39 is 11.4 Å². The fraction of sp³-hybridized carbons (Fsp3) is 0.875. The van der Waals surface area contributed by atoms with Crippen molar-refractivity contribution in [2.24, 2.45) is 0 Å². The van der Waals surface area contributed by atoms with E-state index in [1.54, 1.807) is 0 Å². The van der Waals surface area contributed by atoms with Crippen LogP contribution in [0.25, 0.3) is 0 Å². The summed E-state index contributed by atoms with van der Waals surface area (Å²) >= 11 is 14.6. The summed E-state index contributed by atoms with van der Waals surface area (Å²) in [6.07, 6.45) is 16.0. The molecule has 0 spiro atoms. The Labute approximate surface area is 258 Å². The van der Waals surface area contributed by atoms with Gasteiger partial charge in [-0.25, -0.2) is 0 Å². The van der Waals surface area contributed by atoms with Gasteiger partial charge in [0.1, 0.15) is 0 Å². The quantitative estimate of drug-likeness (QED) is 0.111. The van der Waals surface area contributed by atoms with E-state index in [0.717, 1.165) is 12.8 Å². The third-order valence-corrected chi connectivity index (χ3v) is 2.71. The molecule has 0 aliphatic carbocycles. The zero-order valence-corrected chi connectivity index (χ0v) is 35.8. The van der Waals surface area contributed by atoms with E-state index >= 15 is 0 Å². The van der Waals surface area contributed by atoms with Crippen molar-refractivity contribution in [1.29, 1.82) is 0 Å². The van der Waals surface area contributed by atoms with Crippen molar-refractivity contribution >= 4 is 59.5 Å². The van der Waals surface area contributed by atoms with Crippen LogP contribution in [0, 0.1) is 13.8 Å². The molecule has 4 nitrogen and oxygen atoms in total. The van der Waals surface area contributed by atoms with E-state index in [1.807, 2.05) is 0 Å². The maximum atomic E-state index is 9.29. The van der Waals surface area contributed by atoms with Crippen LogP contribution in [0.4, 0.5) is 0 Å². The van der Waals surface area contributed by atoms with Gasteiger partial charge in [0.05, 0.1) is 0 Å². The molecule has 14 heteroatoms. The summed E-state index contributed by atoms with van der Waals surface area (Å²) in [4.78, 5) is 37.2. The SMILES string of the molecule is [CH2-]CCCCCCC.[CH2-]CCCCCCC.[O-]P([O-])(=S)[S-].[O-]P([O-])(=S)[S-].[Zn+2].[Zn+2].[Zn+2].[Zn+2]. The van der Waals surface area contributed by atoms with Crippen LogP contribution in [0.2, 0.25) is 0 Å². The van der Waals surface area contributed by atoms with Crippen molar-refractivity contribution in [2.45, 2.75) is 90.9 Å². The van der Waals surface area contributed by atoms with Gasteiger partial charge in [-0.3, -0.25) is 0 Å². The van der Waals surface area contributed by atoms with Crippen molar-refractivity contribution in [3.05, 3.63) is 13.8 Å². The third kappa shape index (κ3) is 155. The number of hydrogen-bond donors (Lipinski definition) is 0. The Morgan fingerprint density at radius 3 is 0.867 bits per heavy atom. The van der Waals surface area contributed by atoms with Gasteiger partial charge in [-0.2, -0.15) is 36.5 Å². The molecular formula is C16H34O4P2S4Zn4. The Balaban J connectivity index is -0.0000000351. The van der Waals surface area contributed by atoms with Gasteiger partial charge in [0.2, 0.25) is 0 Å². The van der Waals surface area contributed by atoms with Gasteiger partial charge >= 0.3 is 77.9 Å². The summed E-state index contributed by atoms with van der Waals surface area (Å²) in [6.45, 7) is 12.0. The van der Waals surface area contributed by atoms with Gasteiger partial charge in [0, 0.05) is 0 Å². The molecule has 0 radical (unpaired) electrons. The van der Waals surface area contributed by atoms with Crippen molar-refractivity contribution < 1.29 is 97.5 Å². The van der Waals surface area contributed by atoms with Crippen molar-refractivity contribution in [1.82, 2.24) is 0 Å². The maximum absolute atomic E-state index is 9.29. The molecule has 0 bridgehead atoms. The van der Waals surface area contributed by atoms with Gasteiger partial charge < -0.3 is 69.3 Å². The molecule has 0 heterocycles. The molecule has 0 unspecified atom stereocenters. The molecule has 0 rings (SSSR count). The normalized spacial score (nSPS) is 9.13. The molecule has 0 amide bonds. The topological polar surface area (TPSA) is 92.2 Å². The first-order chi connectivity index (χ1) is 11.8.